The van der Waals surface area contributed by atoms with E-state index in [1.54, 1.807) is 29.0 Å². The molecule has 3 aromatic rings. The predicted octanol–water partition coefficient (Wildman–Crippen LogP) is 5.10. The van der Waals surface area contributed by atoms with Gasteiger partial charge in [0, 0.05) is 24.0 Å². The molecule has 1 amide bonds. The fourth-order valence-corrected chi connectivity index (χ4v) is 4.31. The van der Waals surface area contributed by atoms with E-state index in [0.29, 0.717) is 14.9 Å². The van der Waals surface area contributed by atoms with Crippen LogP contribution >= 0.6 is 24.0 Å². The zero-order chi connectivity index (χ0) is 20.5. The minimum Gasteiger partial charge on any atom is -0.317 e. The summed E-state index contributed by atoms with van der Waals surface area (Å²) < 4.78 is 2.27. The van der Waals surface area contributed by atoms with Crippen molar-refractivity contribution in [3.63, 3.8) is 0 Å². The molecule has 0 saturated carbocycles. The number of aryl methyl sites for hydroxylation is 1. The Hall–Kier alpha value is -3.23. The SMILES string of the molecule is Cc1ccc(N2C(=O)/C(=C\c3cccn3-c3cccc([N+](=O)[O-])c3)SC2=S)cc1. The fourth-order valence-electron chi connectivity index (χ4n) is 3.02. The van der Waals surface area contributed by atoms with Crippen LogP contribution in [0.15, 0.2) is 71.8 Å². The number of carbonyl (C=O) groups excluding carboxylic acids is 1. The van der Waals surface area contributed by atoms with Gasteiger partial charge in [0.2, 0.25) is 0 Å². The van der Waals surface area contributed by atoms with Crippen LogP contribution in [0.5, 0.6) is 0 Å². The maximum atomic E-state index is 13.0. The van der Waals surface area contributed by atoms with Crippen molar-refractivity contribution in [2.45, 2.75) is 6.92 Å². The monoisotopic (exact) mass is 421 g/mol. The molecular weight excluding hydrogens is 406 g/mol. The van der Waals surface area contributed by atoms with E-state index in [0.717, 1.165) is 16.9 Å². The molecule has 144 valence electrons. The molecule has 1 fully saturated rings. The Kier molecular flexibility index (Phi) is 5.04. The summed E-state index contributed by atoms with van der Waals surface area (Å²) in [6.07, 6.45) is 3.55. The molecule has 0 radical (unpaired) electrons. The van der Waals surface area contributed by atoms with Crippen molar-refractivity contribution in [1.29, 1.82) is 0 Å². The lowest BCUT2D eigenvalue weighted by atomic mass is 10.2. The van der Waals surface area contributed by atoms with E-state index in [2.05, 4.69) is 0 Å². The summed E-state index contributed by atoms with van der Waals surface area (Å²) in [5.41, 5.74) is 3.22. The highest BCUT2D eigenvalue weighted by atomic mass is 32.2. The summed E-state index contributed by atoms with van der Waals surface area (Å²) in [6.45, 7) is 1.98. The first-order chi connectivity index (χ1) is 13.9. The van der Waals surface area contributed by atoms with Crippen molar-refractivity contribution in [3.8, 4) is 5.69 Å². The predicted molar refractivity (Wildman–Crippen MR) is 119 cm³/mol. The molecule has 1 aromatic heterocycles. The number of aromatic nitrogens is 1. The number of nitro groups is 1. The topological polar surface area (TPSA) is 68.4 Å². The Bertz CT molecular complexity index is 1170. The molecule has 1 aliphatic heterocycles. The standard InChI is InChI=1S/C21H15N3O3S2/c1-14-7-9-15(10-8-14)23-20(25)19(29-21(23)28)13-17-6-3-11-22(17)16-4-2-5-18(12-16)24(26)27/h2-13H,1H3/b19-13+. The number of hydrogen-bond donors (Lipinski definition) is 0. The van der Waals surface area contributed by atoms with Crippen LogP contribution in [0.25, 0.3) is 11.8 Å². The third-order valence-corrected chi connectivity index (χ3v) is 5.77. The zero-order valence-corrected chi connectivity index (χ0v) is 16.9. The molecule has 8 heteroatoms. The van der Waals surface area contributed by atoms with Crippen LogP contribution in [0, 0.1) is 17.0 Å². The van der Waals surface area contributed by atoms with E-state index in [9.17, 15) is 14.9 Å². The summed E-state index contributed by atoms with van der Waals surface area (Å²) in [5, 5.41) is 11.1. The Balaban J connectivity index is 1.68. The molecule has 0 spiro atoms. The summed E-state index contributed by atoms with van der Waals surface area (Å²) in [5.74, 6) is -0.185. The maximum Gasteiger partial charge on any atom is 0.271 e. The fraction of sp³-hybridized carbons (Fsp3) is 0.0476. The Morgan fingerprint density at radius 2 is 1.83 bits per heavy atom. The van der Waals surface area contributed by atoms with Gasteiger partial charge in [-0.2, -0.15) is 0 Å². The lowest BCUT2D eigenvalue weighted by Crippen LogP contribution is -2.27. The van der Waals surface area contributed by atoms with E-state index >= 15 is 0 Å². The molecule has 0 unspecified atom stereocenters. The largest absolute Gasteiger partial charge is 0.317 e. The van der Waals surface area contributed by atoms with Crippen LogP contribution in [0.3, 0.4) is 0 Å². The first-order valence-electron chi connectivity index (χ1n) is 8.71. The Labute approximate surface area is 176 Å². The first-order valence-corrected chi connectivity index (χ1v) is 9.93. The number of hydrogen-bond acceptors (Lipinski definition) is 5. The quantitative estimate of drug-likeness (QED) is 0.254. The number of anilines is 1. The van der Waals surface area contributed by atoms with Gasteiger partial charge in [0.05, 0.1) is 21.2 Å². The number of thiocarbonyl (C=S) groups is 1. The van der Waals surface area contributed by atoms with E-state index < -0.39 is 4.92 Å². The van der Waals surface area contributed by atoms with Crippen LogP contribution < -0.4 is 4.90 Å². The van der Waals surface area contributed by atoms with Crippen molar-refractivity contribution in [2.75, 3.05) is 4.90 Å². The minimum atomic E-state index is -0.431. The number of nitro benzene ring substituents is 1. The molecule has 0 aliphatic carbocycles. The van der Waals surface area contributed by atoms with Crippen molar-refractivity contribution < 1.29 is 9.72 Å². The second kappa shape index (κ2) is 7.65. The summed E-state index contributed by atoms with van der Waals surface area (Å²) in [4.78, 5) is 25.6. The minimum absolute atomic E-state index is 0.00726. The Morgan fingerprint density at radius 1 is 1.07 bits per heavy atom. The third kappa shape index (κ3) is 3.72. The van der Waals surface area contributed by atoms with Crippen molar-refractivity contribution in [3.05, 3.63) is 93.1 Å². The van der Waals surface area contributed by atoms with Crippen molar-refractivity contribution >= 4 is 51.7 Å². The van der Waals surface area contributed by atoms with Crippen LogP contribution in [-0.4, -0.2) is 19.7 Å². The molecule has 4 rings (SSSR count). The summed E-state index contributed by atoms with van der Waals surface area (Å²) in [6, 6.07) is 17.6. The van der Waals surface area contributed by atoms with Gasteiger partial charge in [-0.25, -0.2) is 0 Å². The molecule has 1 saturated heterocycles. The third-order valence-electron chi connectivity index (χ3n) is 4.46. The van der Waals surface area contributed by atoms with Crippen molar-refractivity contribution in [2.24, 2.45) is 0 Å². The number of non-ortho nitro benzene ring substituents is 1. The van der Waals surface area contributed by atoms with Crippen LogP contribution in [0.4, 0.5) is 11.4 Å². The molecule has 2 heterocycles. The number of rotatable bonds is 4. The molecule has 29 heavy (non-hydrogen) atoms. The van der Waals surface area contributed by atoms with Gasteiger partial charge in [-0.15, -0.1) is 0 Å². The van der Waals surface area contributed by atoms with Crippen LogP contribution in [0.2, 0.25) is 0 Å². The number of carbonyl (C=O) groups is 1. The first kappa shape index (κ1) is 19.1. The van der Waals surface area contributed by atoms with E-state index in [-0.39, 0.29) is 11.6 Å². The van der Waals surface area contributed by atoms with Gasteiger partial charge in [0.25, 0.3) is 11.6 Å². The van der Waals surface area contributed by atoms with Gasteiger partial charge < -0.3 is 4.57 Å². The number of nitrogens with zero attached hydrogens (tertiary/aromatic N) is 3. The van der Waals surface area contributed by atoms with Crippen molar-refractivity contribution in [1.82, 2.24) is 4.57 Å². The molecule has 0 N–H and O–H groups in total. The zero-order valence-electron chi connectivity index (χ0n) is 15.3. The second-order valence-electron chi connectivity index (χ2n) is 6.43. The average molecular weight is 422 g/mol. The molecule has 6 nitrogen and oxygen atoms in total. The van der Waals surface area contributed by atoms with Gasteiger partial charge >= 0.3 is 0 Å². The molecule has 0 bridgehead atoms. The lowest BCUT2D eigenvalue weighted by Gasteiger charge is -2.14. The lowest BCUT2D eigenvalue weighted by molar-refractivity contribution is -0.384. The van der Waals surface area contributed by atoms with Gasteiger partial charge in [0.15, 0.2) is 4.32 Å². The number of amides is 1. The van der Waals surface area contributed by atoms with E-state index in [4.69, 9.17) is 12.2 Å². The van der Waals surface area contributed by atoms with Crippen LogP contribution in [-0.2, 0) is 4.79 Å². The normalized spacial score (nSPS) is 15.3. The highest BCUT2D eigenvalue weighted by Crippen LogP contribution is 2.36. The van der Waals surface area contributed by atoms with Crippen LogP contribution in [0.1, 0.15) is 11.3 Å². The van der Waals surface area contributed by atoms with Gasteiger partial charge in [0.1, 0.15) is 0 Å². The highest BCUT2D eigenvalue weighted by molar-refractivity contribution is 8.27. The highest BCUT2D eigenvalue weighted by Gasteiger charge is 2.33. The average Bonchev–Trinajstić information content (AvgIpc) is 3.27. The van der Waals surface area contributed by atoms with E-state index in [1.165, 1.54) is 28.8 Å². The number of benzene rings is 2. The molecule has 0 atom stereocenters. The second-order valence-corrected chi connectivity index (χ2v) is 8.11. The summed E-state index contributed by atoms with van der Waals surface area (Å²) >= 11 is 6.66. The maximum absolute atomic E-state index is 13.0. The summed E-state index contributed by atoms with van der Waals surface area (Å²) in [7, 11) is 0. The smallest absolute Gasteiger partial charge is 0.271 e. The van der Waals surface area contributed by atoms with Gasteiger partial charge in [-0.3, -0.25) is 19.8 Å². The van der Waals surface area contributed by atoms with Gasteiger partial charge in [-0.05, 0) is 43.3 Å². The van der Waals surface area contributed by atoms with E-state index in [1.807, 2.05) is 43.3 Å². The molecular formula is C21H15N3O3S2. The molecule has 1 aliphatic rings. The Morgan fingerprint density at radius 3 is 2.55 bits per heavy atom. The molecule has 2 aromatic carbocycles. The van der Waals surface area contributed by atoms with Gasteiger partial charge in [-0.1, -0.05) is 47.7 Å². The number of thioether (sulfide) groups is 1.